The van der Waals surface area contributed by atoms with E-state index in [2.05, 4.69) is 51.7 Å². The Hall–Kier alpha value is -0.760. The molecule has 0 amide bonds. The molecule has 0 aliphatic heterocycles. The van der Waals surface area contributed by atoms with E-state index < -0.39 is 0 Å². The summed E-state index contributed by atoms with van der Waals surface area (Å²) >= 11 is 5.98. The van der Waals surface area contributed by atoms with Gasteiger partial charge in [0.05, 0.1) is 0 Å². The van der Waals surface area contributed by atoms with Crippen LogP contribution in [-0.2, 0) is 5.88 Å². The summed E-state index contributed by atoms with van der Waals surface area (Å²) in [6.07, 6.45) is 0. The fourth-order valence-electron chi connectivity index (χ4n) is 1.95. The molecule has 1 aromatic rings. The van der Waals surface area contributed by atoms with Gasteiger partial charge in [0.2, 0.25) is 0 Å². The predicted molar refractivity (Wildman–Crippen MR) is 80.6 cm³/mol. The second-order valence-corrected chi connectivity index (χ2v) is 5.75. The second-order valence-electron chi connectivity index (χ2n) is 5.48. The van der Waals surface area contributed by atoms with Gasteiger partial charge >= 0.3 is 0 Å². The van der Waals surface area contributed by atoms with Crippen LogP contribution < -0.4 is 4.90 Å². The Morgan fingerprint density at radius 3 is 2.33 bits per heavy atom. The van der Waals surface area contributed by atoms with E-state index in [-0.39, 0.29) is 0 Å². The lowest BCUT2D eigenvalue weighted by molar-refractivity contribution is 0.612. The van der Waals surface area contributed by atoms with Crippen molar-refractivity contribution in [3.8, 4) is 0 Å². The fourth-order valence-corrected chi connectivity index (χ4v) is 2.11. The van der Waals surface area contributed by atoms with Crippen LogP contribution in [-0.4, -0.2) is 18.1 Å². The van der Waals surface area contributed by atoms with Gasteiger partial charge in [-0.25, -0.2) is 4.98 Å². The van der Waals surface area contributed by atoms with Crippen LogP contribution in [0.5, 0.6) is 0 Å². The lowest BCUT2D eigenvalue weighted by Gasteiger charge is -2.25. The van der Waals surface area contributed by atoms with E-state index in [0.29, 0.717) is 17.7 Å². The number of aromatic nitrogens is 1. The third-order valence-electron chi connectivity index (χ3n) is 2.93. The number of hydrogen-bond acceptors (Lipinski definition) is 2. The Kier molecular flexibility index (Phi) is 5.94. The first-order valence-electron chi connectivity index (χ1n) is 6.79. The molecule has 0 bridgehead atoms. The van der Waals surface area contributed by atoms with E-state index in [1.165, 1.54) is 0 Å². The topological polar surface area (TPSA) is 16.1 Å². The highest BCUT2D eigenvalue weighted by Gasteiger charge is 2.12. The molecule has 0 aliphatic rings. The average Bonchev–Trinajstić information content (AvgIpc) is 2.34. The highest BCUT2D eigenvalue weighted by molar-refractivity contribution is 6.17. The summed E-state index contributed by atoms with van der Waals surface area (Å²) in [4.78, 5) is 7.10. The SMILES string of the molecule is CCN(CC(C)C)c1cc(CCl)cc(C(C)C)n1. The van der Waals surface area contributed by atoms with Gasteiger partial charge in [0.15, 0.2) is 0 Å². The first-order valence-corrected chi connectivity index (χ1v) is 7.33. The van der Waals surface area contributed by atoms with E-state index in [1.807, 2.05) is 0 Å². The minimum Gasteiger partial charge on any atom is -0.357 e. The average molecular weight is 269 g/mol. The van der Waals surface area contributed by atoms with Crippen LogP contribution in [0.25, 0.3) is 0 Å². The van der Waals surface area contributed by atoms with Gasteiger partial charge in [0.25, 0.3) is 0 Å². The molecule has 1 rings (SSSR count). The van der Waals surface area contributed by atoms with Crippen molar-refractivity contribution in [2.75, 3.05) is 18.0 Å². The lowest BCUT2D eigenvalue weighted by atomic mass is 10.1. The number of nitrogens with zero attached hydrogens (tertiary/aromatic N) is 2. The van der Waals surface area contributed by atoms with Crippen molar-refractivity contribution in [1.29, 1.82) is 0 Å². The molecule has 102 valence electrons. The second kappa shape index (κ2) is 6.98. The first kappa shape index (κ1) is 15.3. The van der Waals surface area contributed by atoms with Crippen molar-refractivity contribution in [1.82, 2.24) is 4.98 Å². The number of rotatable bonds is 6. The van der Waals surface area contributed by atoms with Gasteiger partial charge in [-0.05, 0) is 36.5 Å². The summed E-state index contributed by atoms with van der Waals surface area (Å²) in [6, 6.07) is 4.23. The zero-order valence-corrected chi connectivity index (χ0v) is 13.0. The Morgan fingerprint density at radius 1 is 1.22 bits per heavy atom. The summed E-state index contributed by atoms with van der Waals surface area (Å²) < 4.78 is 0. The maximum atomic E-state index is 5.98. The number of alkyl halides is 1. The number of anilines is 1. The lowest BCUT2D eigenvalue weighted by Crippen LogP contribution is -2.28. The molecule has 0 saturated heterocycles. The number of pyridine rings is 1. The molecule has 0 spiro atoms. The molecule has 0 aliphatic carbocycles. The monoisotopic (exact) mass is 268 g/mol. The van der Waals surface area contributed by atoms with Crippen LogP contribution in [0.15, 0.2) is 12.1 Å². The third-order valence-corrected chi connectivity index (χ3v) is 3.24. The van der Waals surface area contributed by atoms with Crippen molar-refractivity contribution in [2.45, 2.75) is 46.4 Å². The molecule has 0 fully saturated rings. The number of halogens is 1. The van der Waals surface area contributed by atoms with Gasteiger partial charge in [-0.3, -0.25) is 0 Å². The standard InChI is InChI=1S/C15H25ClN2/c1-6-18(10-11(2)3)15-8-13(9-16)7-14(17-15)12(4)5/h7-8,11-12H,6,9-10H2,1-5H3. The molecule has 2 nitrogen and oxygen atoms in total. The summed E-state index contributed by atoms with van der Waals surface area (Å²) in [5.74, 6) is 2.68. The van der Waals surface area contributed by atoms with E-state index in [0.717, 1.165) is 30.2 Å². The largest absolute Gasteiger partial charge is 0.357 e. The van der Waals surface area contributed by atoms with Crippen LogP contribution in [0.3, 0.4) is 0 Å². The molecule has 1 heterocycles. The van der Waals surface area contributed by atoms with Gasteiger partial charge in [-0.1, -0.05) is 27.7 Å². The Morgan fingerprint density at radius 2 is 1.89 bits per heavy atom. The van der Waals surface area contributed by atoms with E-state index in [4.69, 9.17) is 16.6 Å². The van der Waals surface area contributed by atoms with E-state index >= 15 is 0 Å². The molecular formula is C15H25ClN2. The molecular weight excluding hydrogens is 244 g/mol. The van der Waals surface area contributed by atoms with Gasteiger partial charge in [-0.2, -0.15) is 0 Å². The molecule has 1 aromatic heterocycles. The van der Waals surface area contributed by atoms with Gasteiger partial charge in [0.1, 0.15) is 5.82 Å². The highest BCUT2D eigenvalue weighted by atomic mass is 35.5. The van der Waals surface area contributed by atoms with Crippen LogP contribution in [0.2, 0.25) is 0 Å². The predicted octanol–water partition coefficient (Wildman–Crippen LogP) is 4.43. The Balaban J connectivity index is 3.08. The van der Waals surface area contributed by atoms with Crippen molar-refractivity contribution in [3.63, 3.8) is 0 Å². The summed E-state index contributed by atoms with van der Waals surface area (Å²) in [6.45, 7) is 13.0. The zero-order chi connectivity index (χ0) is 13.7. The van der Waals surface area contributed by atoms with Crippen molar-refractivity contribution >= 4 is 17.4 Å². The molecule has 0 N–H and O–H groups in total. The van der Waals surface area contributed by atoms with E-state index in [1.54, 1.807) is 0 Å². The van der Waals surface area contributed by atoms with Crippen LogP contribution in [0.1, 0.15) is 51.8 Å². The third kappa shape index (κ3) is 4.16. The minimum atomic E-state index is 0.435. The van der Waals surface area contributed by atoms with Crippen LogP contribution in [0.4, 0.5) is 5.82 Å². The summed E-state index contributed by atoms with van der Waals surface area (Å²) in [7, 11) is 0. The van der Waals surface area contributed by atoms with Crippen molar-refractivity contribution < 1.29 is 0 Å². The maximum Gasteiger partial charge on any atom is 0.129 e. The molecule has 0 saturated carbocycles. The molecule has 0 atom stereocenters. The van der Waals surface area contributed by atoms with Crippen LogP contribution in [0, 0.1) is 5.92 Å². The smallest absolute Gasteiger partial charge is 0.129 e. The molecule has 18 heavy (non-hydrogen) atoms. The van der Waals surface area contributed by atoms with E-state index in [9.17, 15) is 0 Å². The summed E-state index contributed by atoms with van der Waals surface area (Å²) in [5.41, 5.74) is 2.29. The first-order chi connectivity index (χ1) is 8.47. The number of hydrogen-bond donors (Lipinski definition) is 0. The zero-order valence-electron chi connectivity index (χ0n) is 12.2. The quantitative estimate of drug-likeness (QED) is 0.710. The Bertz CT molecular complexity index is 375. The van der Waals surface area contributed by atoms with Crippen molar-refractivity contribution in [2.24, 2.45) is 5.92 Å². The van der Waals surface area contributed by atoms with Gasteiger partial charge in [-0.15, -0.1) is 11.6 Å². The molecule has 0 aromatic carbocycles. The van der Waals surface area contributed by atoms with Gasteiger partial charge < -0.3 is 4.90 Å². The van der Waals surface area contributed by atoms with Crippen LogP contribution >= 0.6 is 11.6 Å². The van der Waals surface area contributed by atoms with Crippen molar-refractivity contribution in [3.05, 3.63) is 23.4 Å². The molecule has 0 unspecified atom stereocenters. The fraction of sp³-hybridized carbons (Fsp3) is 0.667. The Labute approximate surface area is 116 Å². The summed E-state index contributed by atoms with van der Waals surface area (Å²) in [5, 5.41) is 0. The highest BCUT2D eigenvalue weighted by Crippen LogP contribution is 2.22. The van der Waals surface area contributed by atoms with Gasteiger partial charge in [0, 0.05) is 24.7 Å². The molecule has 0 radical (unpaired) electrons. The minimum absolute atomic E-state index is 0.435. The normalized spacial score (nSPS) is 11.3. The molecule has 3 heteroatoms. The maximum absolute atomic E-state index is 5.98.